The lowest BCUT2D eigenvalue weighted by Crippen LogP contribution is -2.03. The van der Waals surface area contributed by atoms with Gasteiger partial charge in [0.2, 0.25) is 0 Å². The Labute approximate surface area is 117 Å². The molecule has 0 aromatic heterocycles. The molecule has 0 heterocycles. The maximum atomic E-state index is 5.84. The molecule has 2 aromatic rings. The van der Waals surface area contributed by atoms with Gasteiger partial charge >= 0.3 is 0 Å². The van der Waals surface area contributed by atoms with Crippen molar-refractivity contribution in [3.05, 3.63) is 58.6 Å². The van der Waals surface area contributed by atoms with Crippen LogP contribution in [0.2, 0.25) is 5.02 Å². The van der Waals surface area contributed by atoms with Gasteiger partial charge in [0.25, 0.3) is 0 Å². The van der Waals surface area contributed by atoms with E-state index in [9.17, 15) is 0 Å². The first-order valence-electron chi connectivity index (χ1n) is 5.97. The van der Waals surface area contributed by atoms with Gasteiger partial charge in [0, 0.05) is 23.2 Å². The number of hydrogen-bond acceptors (Lipinski definition) is 3. The van der Waals surface area contributed by atoms with Gasteiger partial charge in [-0.3, -0.25) is 0 Å². The predicted octanol–water partition coefficient (Wildman–Crippen LogP) is 3.39. The first-order chi connectivity index (χ1) is 9.22. The molecule has 0 bridgehead atoms. The number of hydrogen-bond donors (Lipinski definition) is 1. The molecule has 2 aromatic carbocycles. The molecule has 0 aliphatic heterocycles. The molecule has 3 nitrogen and oxygen atoms in total. The average Bonchev–Trinajstić information content (AvgIpc) is 2.46. The maximum absolute atomic E-state index is 5.84. The highest BCUT2D eigenvalue weighted by Gasteiger charge is 2.05. The Morgan fingerprint density at radius 3 is 2.47 bits per heavy atom. The van der Waals surface area contributed by atoms with Crippen LogP contribution < -0.4 is 15.2 Å². The monoisotopic (exact) mass is 277 g/mol. The molecule has 2 N–H and O–H groups in total. The third-order valence-electron chi connectivity index (χ3n) is 2.80. The van der Waals surface area contributed by atoms with Gasteiger partial charge in [-0.15, -0.1) is 0 Å². The minimum atomic E-state index is 0.431. The number of ether oxygens (including phenoxy) is 2. The summed E-state index contributed by atoms with van der Waals surface area (Å²) in [4.78, 5) is 0. The van der Waals surface area contributed by atoms with Crippen molar-refractivity contribution >= 4 is 11.6 Å². The van der Waals surface area contributed by atoms with Crippen molar-refractivity contribution in [1.82, 2.24) is 0 Å². The second-order valence-corrected chi connectivity index (χ2v) is 4.53. The summed E-state index contributed by atoms with van der Waals surface area (Å²) in [7, 11) is 1.63. The van der Waals surface area contributed by atoms with Gasteiger partial charge in [-0.2, -0.15) is 0 Å². The molecule has 0 radical (unpaired) electrons. The van der Waals surface area contributed by atoms with Crippen molar-refractivity contribution in [3.63, 3.8) is 0 Å². The largest absolute Gasteiger partial charge is 0.497 e. The van der Waals surface area contributed by atoms with Gasteiger partial charge in [0.1, 0.15) is 18.1 Å². The Kier molecular flexibility index (Phi) is 4.66. The Morgan fingerprint density at radius 1 is 1.11 bits per heavy atom. The van der Waals surface area contributed by atoms with Crippen LogP contribution in [0.25, 0.3) is 0 Å². The summed E-state index contributed by atoms with van der Waals surface area (Å²) in [6.45, 7) is 0.900. The normalized spacial score (nSPS) is 10.3. The number of benzene rings is 2. The van der Waals surface area contributed by atoms with Gasteiger partial charge in [-0.1, -0.05) is 29.8 Å². The first-order valence-corrected chi connectivity index (χ1v) is 6.35. The van der Waals surface area contributed by atoms with E-state index in [2.05, 4.69) is 0 Å². The van der Waals surface area contributed by atoms with Crippen molar-refractivity contribution in [2.45, 2.75) is 13.2 Å². The SMILES string of the molecule is COc1ccc(CN)c(OCc2ccc(Cl)cc2)c1. The van der Waals surface area contributed by atoms with E-state index in [1.54, 1.807) is 7.11 Å². The zero-order valence-corrected chi connectivity index (χ0v) is 11.5. The molecular formula is C15H16ClNO2. The van der Waals surface area contributed by atoms with Gasteiger partial charge in [0.05, 0.1) is 7.11 Å². The van der Waals surface area contributed by atoms with Gasteiger partial charge in [-0.25, -0.2) is 0 Å². The van der Waals surface area contributed by atoms with Crippen LogP contribution in [-0.4, -0.2) is 7.11 Å². The highest BCUT2D eigenvalue weighted by atomic mass is 35.5. The van der Waals surface area contributed by atoms with Crippen molar-refractivity contribution in [2.24, 2.45) is 5.73 Å². The van der Waals surface area contributed by atoms with Crippen molar-refractivity contribution in [3.8, 4) is 11.5 Å². The predicted molar refractivity (Wildman–Crippen MR) is 76.7 cm³/mol. The molecule has 19 heavy (non-hydrogen) atoms. The molecule has 0 unspecified atom stereocenters. The minimum absolute atomic E-state index is 0.431. The quantitative estimate of drug-likeness (QED) is 0.911. The van der Waals surface area contributed by atoms with Crippen LogP contribution in [0.5, 0.6) is 11.5 Å². The molecule has 0 aliphatic rings. The molecule has 0 saturated heterocycles. The highest BCUT2D eigenvalue weighted by molar-refractivity contribution is 6.30. The minimum Gasteiger partial charge on any atom is -0.497 e. The average molecular weight is 278 g/mol. The molecule has 0 fully saturated rings. The number of halogens is 1. The van der Waals surface area contributed by atoms with E-state index in [0.717, 1.165) is 22.6 Å². The molecule has 0 atom stereocenters. The molecule has 0 spiro atoms. The lowest BCUT2D eigenvalue weighted by molar-refractivity contribution is 0.300. The molecular weight excluding hydrogens is 262 g/mol. The number of nitrogens with two attached hydrogens (primary N) is 1. The summed E-state index contributed by atoms with van der Waals surface area (Å²) in [6.07, 6.45) is 0. The lowest BCUT2D eigenvalue weighted by atomic mass is 10.2. The number of methoxy groups -OCH3 is 1. The van der Waals surface area contributed by atoms with E-state index >= 15 is 0 Å². The fourth-order valence-corrected chi connectivity index (χ4v) is 1.83. The second-order valence-electron chi connectivity index (χ2n) is 4.09. The van der Waals surface area contributed by atoms with E-state index in [4.69, 9.17) is 26.8 Å². The van der Waals surface area contributed by atoms with E-state index in [0.29, 0.717) is 18.2 Å². The fourth-order valence-electron chi connectivity index (χ4n) is 1.71. The molecule has 4 heteroatoms. The van der Waals surface area contributed by atoms with Crippen molar-refractivity contribution < 1.29 is 9.47 Å². The van der Waals surface area contributed by atoms with Crippen molar-refractivity contribution in [2.75, 3.05) is 7.11 Å². The zero-order valence-electron chi connectivity index (χ0n) is 10.7. The Bertz CT molecular complexity index is 540. The second kappa shape index (κ2) is 6.45. The van der Waals surface area contributed by atoms with E-state index < -0.39 is 0 Å². The first kappa shape index (κ1) is 13.7. The zero-order chi connectivity index (χ0) is 13.7. The molecule has 100 valence electrons. The standard InChI is InChI=1S/C15H16ClNO2/c1-18-14-7-4-12(9-17)15(8-14)19-10-11-2-5-13(16)6-3-11/h2-8H,9-10,17H2,1H3. The third kappa shape index (κ3) is 3.63. The smallest absolute Gasteiger partial charge is 0.127 e. The van der Waals surface area contributed by atoms with Gasteiger partial charge in [0.15, 0.2) is 0 Å². The summed E-state index contributed by atoms with van der Waals surface area (Å²) >= 11 is 5.84. The van der Waals surface area contributed by atoms with E-state index in [1.165, 1.54) is 0 Å². The Hall–Kier alpha value is -1.71. The van der Waals surface area contributed by atoms with E-state index in [1.807, 2.05) is 42.5 Å². The summed E-state index contributed by atoms with van der Waals surface area (Å²) in [5.41, 5.74) is 7.70. The maximum Gasteiger partial charge on any atom is 0.127 e. The van der Waals surface area contributed by atoms with Crippen LogP contribution in [0.3, 0.4) is 0 Å². The molecule has 0 aliphatic carbocycles. The molecule has 0 saturated carbocycles. The highest BCUT2D eigenvalue weighted by Crippen LogP contribution is 2.25. The lowest BCUT2D eigenvalue weighted by Gasteiger charge is -2.12. The Balaban J connectivity index is 2.11. The van der Waals surface area contributed by atoms with Gasteiger partial charge in [-0.05, 0) is 23.8 Å². The van der Waals surface area contributed by atoms with Crippen LogP contribution in [0.1, 0.15) is 11.1 Å². The van der Waals surface area contributed by atoms with Crippen LogP contribution in [0.15, 0.2) is 42.5 Å². The summed E-state index contributed by atoms with van der Waals surface area (Å²) in [6, 6.07) is 13.2. The fraction of sp³-hybridized carbons (Fsp3) is 0.200. The molecule has 2 rings (SSSR count). The molecule has 0 amide bonds. The summed E-state index contributed by atoms with van der Waals surface area (Å²) < 4.78 is 11.0. The van der Waals surface area contributed by atoms with Crippen LogP contribution in [-0.2, 0) is 13.2 Å². The van der Waals surface area contributed by atoms with Gasteiger partial charge < -0.3 is 15.2 Å². The van der Waals surface area contributed by atoms with Crippen molar-refractivity contribution in [1.29, 1.82) is 0 Å². The topological polar surface area (TPSA) is 44.5 Å². The summed E-state index contributed by atoms with van der Waals surface area (Å²) in [5.74, 6) is 1.50. The third-order valence-corrected chi connectivity index (χ3v) is 3.05. The van der Waals surface area contributed by atoms with Crippen LogP contribution >= 0.6 is 11.6 Å². The number of rotatable bonds is 5. The van der Waals surface area contributed by atoms with Crippen LogP contribution in [0, 0.1) is 0 Å². The van der Waals surface area contributed by atoms with E-state index in [-0.39, 0.29) is 0 Å². The van der Waals surface area contributed by atoms with Crippen LogP contribution in [0.4, 0.5) is 0 Å². The Morgan fingerprint density at radius 2 is 1.84 bits per heavy atom. The summed E-state index contributed by atoms with van der Waals surface area (Å²) in [5, 5.41) is 0.716.